The Labute approximate surface area is 105 Å². The van der Waals surface area contributed by atoms with Crippen LogP contribution in [0.2, 0.25) is 0 Å². The first-order valence-corrected chi connectivity index (χ1v) is 7.53. The van der Waals surface area contributed by atoms with E-state index in [0.717, 1.165) is 6.54 Å². The summed E-state index contributed by atoms with van der Waals surface area (Å²) in [5, 5.41) is 7.15. The van der Waals surface area contributed by atoms with Crippen molar-refractivity contribution in [2.75, 3.05) is 25.4 Å². The van der Waals surface area contributed by atoms with Crippen molar-refractivity contribution < 1.29 is 8.42 Å². The Bertz CT molecular complexity index is 344. The molecule has 3 N–H and O–H groups in total. The van der Waals surface area contributed by atoms with Crippen molar-refractivity contribution in [1.82, 2.24) is 4.90 Å². The number of amidine groups is 1. The van der Waals surface area contributed by atoms with E-state index in [2.05, 4.69) is 0 Å². The zero-order valence-electron chi connectivity index (χ0n) is 11.3. The quantitative estimate of drug-likeness (QED) is 0.526. The molecule has 5 nitrogen and oxygen atoms in total. The first kappa shape index (κ1) is 16.4. The third-order valence-corrected chi connectivity index (χ3v) is 5.34. The maximum atomic E-state index is 11.9. The van der Waals surface area contributed by atoms with Crippen molar-refractivity contribution in [1.29, 1.82) is 5.41 Å². The van der Waals surface area contributed by atoms with Gasteiger partial charge in [-0.15, -0.1) is 0 Å². The second kappa shape index (κ2) is 6.35. The lowest BCUT2D eigenvalue weighted by Crippen LogP contribution is -2.37. The predicted octanol–water partition coefficient (Wildman–Crippen LogP) is 0.848. The fourth-order valence-corrected chi connectivity index (χ4v) is 2.37. The molecule has 0 saturated heterocycles. The van der Waals surface area contributed by atoms with Gasteiger partial charge < -0.3 is 10.6 Å². The van der Waals surface area contributed by atoms with Crippen molar-refractivity contribution >= 4 is 15.7 Å². The number of hydrogen-bond acceptors (Lipinski definition) is 4. The number of nitrogens with one attached hydrogen (secondary N) is 1. The Morgan fingerprint density at radius 2 is 1.82 bits per heavy atom. The van der Waals surface area contributed by atoms with Crippen molar-refractivity contribution in [3.63, 3.8) is 0 Å². The fraction of sp³-hybridized carbons (Fsp3) is 0.909. The van der Waals surface area contributed by atoms with E-state index in [1.165, 1.54) is 0 Å². The zero-order chi connectivity index (χ0) is 13.7. The number of sulfone groups is 1. The van der Waals surface area contributed by atoms with Gasteiger partial charge in [-0.3, -0.25) is 5.41 Å². The van der Waals surface area contributed by atoms with Crippen LogP contribution in [0.25, 0.3) is 0 Å². The molecule has 0 bridgehead atoms. The van der Waals surface area contributed by atoms with Crippen LogP contribution in [0, 0.1) is 5.41 Å². The molecule has 0 atom stereocenters. The molecule has 0 aromatic carbocycles. The number of rotatable bonds is 7. The summed E-state index contributed by atoms with van der Waals surface area (Å²) < 4.78 is 23.1. The average Bonchev–Trinajstić information content (AvgIpc) is 2.15. The molecule has 0 aliphatic rings. The van der Waals surface area contributed by atoms with E-state index in [-0.39, 0.29) is 11.6 Å². The number of nitrogens with two attached hydrogens (primary N) is 1. The highest BCUT2D eigenvalue weighted by Crippen LogP contribution is 2.15. The van der Waals surface area contributed by atoms with Gasteiger partial charge in [-0.05, 0) is 27.3 Å². The monoisotopic (exact) mass is 263 g/mol. The van der Waals surface area contributed by atoms with Crippen LogP contribution in [0.5, 0.6) is 0 Å². The van der Waals surface area contributed by atoms with Gasteiger partial charge in [-0.25, -0.2) is 8.42 Å². The maximum absolute atomic E-state index is 11.9. The van der Waals surface area contributed by atoms with Crippen LogP contribution in [-0.4, -0.2) is 49.3 Å². The minimum Gasteiger partial charge on any atom is -0.388 e. The maximum Gasteiger partial charge on any atom is 0.156 e. The van der Waals surface area contributed by atoms with Crippen molar-refractivity contribution in [2.24, 2.45) is 5.73 Å². The smallest absolute Gasteiger partial charge is 0.156 e. The van der Waals surface area contributed by atoms with Gasteiger partial charge >= 0.3 is 0 Å². The molecule has 0 rings (SSSR count). The van der Waals surface area contributed by atoms with Crippen LogP contribution < -0.4 is 5.73 Å². The van der Waals surface area contributed by atoms with Crippen LogP contribution in [0.1, 0.15) is 34.1 Å². The molecule has 0 fully saturated rings. The summed E-state index contributed by atoms with van der Waals surface area (Å²) in [4.78, 5) is 2.00. The van der Waals surface area contributed by atoms with E-state index in [1.54, 1.807) is 20.8 Å². The predicted molar refractivity (Wildman–Crippen MR) is 72.2 cm³/mol. The second-order valence-corrected chi connectivity index (χ2v) is 8.00. The van der Waals surface area contributed by atoms with Crippen LogP contribution in [0.4, 0.5) is 0 Å². The summed E-state index contributed by atoms with van der Waals surface area (Å²) in [6.07, 6.45) is 0.489. The van der Waals surface area contributed by atoms with Crippen LogP contribution in [0.15, 0.2) is 0 Å². The lowest BCUT2D eigenvalue weighted by atomic mass is 10.3. The Morgan fingerprint density at radius 1 is 1.29 bits per heavy atom. The molecule has 0 amide bonds. The lowest BCUT2D eigenvalue weighted by Gasteiger charge is -2.24. The third-order valence-electron chi connectivity index (χ3n) is 2.75. The highest BCUT2D eigenvalue weighted by molar-refractivity contribution is 7.92. The van der Waals surface area contributed by atoms with Gasteiger partial charge in [0, 0.05) is 19.5 Å². The molecule has 17 heavy (non-hydrogen) atoms. The van der Waals surface area contributed by atoms with E-state index >= 15 is 0 Å². The molecular formula is C11H25N3O2S. The van der Waals surface area contributed by atoms with Gasteiger partial charge in [0.2, 0.25) is 0 Å². The Kier molecular flexibility index (Phi) is 6.12. The lowest BCUT2D eigenvalue weighted by molar-refractivity contribution is 0.313. The van der Waals surface area contributed by atoms with Gasteiger partial charge in [0.1, 0.15) is 0 Å². The highest BCUT2D eigenvalue weighted by atomic mass is 32.2. The third kappa shape index (κ3) is 6.02. The minimum atomic E-state index is -3.07. The van der Waals surface area contributed by atoms with Gasteiger partial charge in [0.05, 0.1) is 16.3 Å². The number of nitrogens with zero attached hydrogens (tertiary/aromatic N) is 1. The molecule has 102 valence electrons. The molecule has 0 aliphatic heterocycles. The number of hydrogen-bond donors (Lipinski definition) is 2. The molecule has 0 saturated carbocycles. The SMILES string of the molecule is CCN(CCC(=N)N)CCS(=O)(=O)C(C)(C)C. The van der Waals surface area contributed by atoms with E-state index in [4.69, 9.17) is 11.1 Å². The van der Waals surface area contributed by atoms with Gasteiger partial charge in [-0.1, -0.05) is 6.92 Å². The molecule has 0 heterocycles. The Hall–Kier alpha value is -0.620. The van der Waals surface area contributed by atoms with Crippen LogP contribution in [-0.2, 0) is 9.84 Å². The summed E-state index contributed by atoms with van der Waals surface area (Å²) in [5.41, 5.74) is 5.29. The minimum absolute atomic E-state index is 0.141. The van der Waals surface area contributed by atoms with Crippen LogP contribution in [0.3, 0.4) is 0 Å². The average molecular weight is 263 g/mol. The van der Waals surface area contributed by atoms with Crippen LogP contribution >= 0.6 is 0 Å². The highest BCUT2D eigenvalue weighted by Gasteiger charge is 2.28. The molecule has 0 spiro atoms. The fourth-order valence-electron chi connectivity index (χ4n) is 1.26. The summed E-state index contributed by atoms with van der Waals surface area (Å²) >= 11 is 0. The summed E-state index contributed by atoms with van der Waals surface area (Å²) in [7, 11) is -3.07. The molecule has 0 aromatic heterocycles. The Morgan fingerprint density at radius 3 is 2.18 bits per heavy atom. The first-order valence-electron chi connectivity index (χ1n) is 5.87. The van der Waals surface area contributed by atoms with Crippen molar-refractivity contribution in [2.45, 2.75) is 38.9 Å². The molecule has 0 aromatic rings. The summed E-state index contributed by atoms with van der Waals surface area (Å²) in [6.45, 7) is 9.04. The van der Waals surface area contributed by atoms with Gasteiger partial charge in [0.25, 0.3) is 0 Å². The standard InChI is InChI=1S/C11H25N3O2S/c1-5-14(7-6-10(12)13)8-9-17(15,16)11(2,3)4/h5-9H2,1-4H3,(H3,12,13). The molecular weight excluding hydrogens is 238 g/mol. The van der Waals surface area contributed by atoms with Gasteiger partial charge in [0.15, 0.2) is 9.84 Å². The zero-order valence-corrected chi connectivity index (χ0v) is 12.1. The van der Waals surface area contributed by atoms with Gasteiger partial charge in [-0.2, -0.15) is 0 Å². The van der Waals surface area contributed by atoms with E-state index in [0.29, 0.717) is 19.5 Å². The molecule has 0 radical (unpaired) electrons. The Balaban J connectivity index is 4.29. The van der Waals surface area contributed by atoms with E-state index < -0.39 is 14.6 Å². The molecule has 6 heteroatoms. The largest absolute Gasteiger partial charge is 0.388 e. The van der Waals surface area contributed by atoms with Crippen molar-refractivity contribution in [3.05, 3.63) is 0 Å². The summed E-state index contributed by atoms with van der Waals surface area (Å²) in [6, 6.07) is 0. The van der Waals surface area contributed by atoms with E-state index in [1.807, 2.05) is 11.8 Å². The molecule has 0 aliphatic carbocycles. The van der Waals surface area contributed by atoms with E-state index in [9.17, 15) is 8.42 Å². The second-order valence-electron chi connectivity index (χ2n) is 5.14. The topological polar surface area (TPSA) is 87.2 Å². The first-order chi connectivity index (χ1) is 7.60. The molecule has 0 unspecified atom stereocenters. The normalized spacial score (nSPS) is 13.0. The summed E-state index contributed by atoms with van der Waals surface area (Å²) in [5.74, 6) is 0.296. The van der Waals surface area contributed by atoms with Crippen molar-refractivity contribution in [3.8, 4) is 0 Å².